The quantitative estimate of drug-likeness (QED) is 0.181. The van der Waals surface area contributed by atoms with Crippen molar-refractivity contribution in [3.8, 4) is 5.75 Å². The SMILES string of the molecule is CC(C)(C)[Si](C)(C)OCC(O)CN1CC(c2c(OCOCC[Si](C)(C)C)ccc(Cl)c2Cl)CC1=O. The number of benzene rings is 1. The number of halogens is 2. The summed E-state index contributed by atoms with van der Waals surface area (Å²) in [6.45, 7) is 19.3. The lowest BCUT2D eigenvalue weighted by Crippen LogP contribution is -2.44. The van der Waals surface area contributed by atoms with Crippen molar-refractivity contribution in [2.45, 2.75) is 83.0 Å². The van der Waals surface area contributed by atoms with Crippen LogP contribution in [-0.4, -0.2) is 71.5 Å². The van der Waals surface area contributed by atoms with Crippen LogP contribution in [0.3, 0.4) is 0 Å². The summed E-state index contributed by atoms with van der Waals surface area (Å²) in [5.41, 5.74) is 0.718. The van der Waals surface area contributed by atoms with Crippen LogP contribution in [-0.2, 0) is 14.0 Å². The molecule has 1 heterocycles. The van der Waals surface area contributed by atoms with Crippen molar-refractivity contribution in [1.82, 2.24) is 4.90 Å². The first-order valence-corrected chi connectivity index (χ1v) is 19.7. The average molecular weight is 565 g/mol. The van der Waals surface area contributed by atoms with Crippen LogP contribution in [0, 0.1) is 0 Å². The van der Waals surface area contributed by atoms with E-state index in [9.17, 15) is 9.90 Å². The van der Waals surface area contributed by atoms with E-state index in [1.165, 1.54) is 0 Å². The van der Waals surface area contributed by atoms with E-state index in [0.29, 0.717) is 28.9 Å². The summed E-state index contributed by atoms with van der Waals surface area (Å²) >= 11 is 12.9. The number of aliphatic hydroxyl groups is 1. The topological polar surface area (TPSA) is 68.2 Å². The first-order chi connectivity index (χ1) is 16.0. The predicted octanol–water partition coefficient (Wildman–Crippen LogP) is 6.38. The highest BCUT2D eigenvalue weighted by atomic mass is 35.5. The summed E-state index contributed by atoms with van der Waals surface area (Å²) in [6.07, 6.45) is -0.472. The Bertz CT molecular complexity index is 871. The molecule has 1 aliphatic heterocycles. The van der Waals surface area contributed by atoms with Gasteiger partial charge in [0.25, 0.3) is 0 Å². The Morgan fingerprint density at radius 2 is 1.83 bits per heavy atom. The molecule has 2 unspecified atom stereocenters. The molecule has 2 atom stereocenters. The molecule has 0 aromatic heterocycles. The van der Waals surface area contributed by atoms with Crippen molar-refractivity contribution in [3.05, 3.63) is 27.7 Å². The third-order valence-corrected chi connectivity index (χ3v) is 13.9. The molecule has 1 aliphatic rings. The highest BCUT2D eigenvalue weighted by molar-refractivity contribution is 6.76. The summed E-state index contributed by atoms with van der Waals surface area (Å²) in [4.78, 5) is 14.5. The molecule has 0 radical (unpaired) electrons. The number of amides is 1. The molecule has 6 nitrogen and oxygen atoms in total. The van der Waals surface area contributed by atoms with Crippen molar-refractivity contribution in [2.24, 2.45) is 0 Å². The van der Waals surface area contributed by atoms with Crippen molar-refractivity contribution in [1.29, 1.82) is 0 Å². The largest absolute Gasteiger partial charge is 0.467 e. The molecule has 1 aromatic rings. The van der Waals surface area contributed by atoms with E-state index in [2.05, 4.69) is 53.5 Å². The second-order valence-corrected chi connectivity index (χ2v) is 23.4. The highest BCUT2D eigenvalue weighted by Gasteiger charge is 2.39. The van der Waals surface area contributed by atoms with Gasteiger partial charge in [0.1, 0.15) is 5.75 Å². The molecule has 0 spiro atoms. The third-order valence-electron chi connectivity index (χ3n) is 6.88. The number of likely N-dealkylation sites (tertiary alicyclic amines) is 1. The fourth-order valence-electron chi connectivity index (χ4n) is 3.57. The van der Waals surface area contributed by atoms with Gasteiger partial charge in [0.15, 0.2) is 15.1 Å². The first-order valence-electron chi connectivity index (χ1n) is 12.3. The maximum atomic E-state index is 12.8. The summed E-state index contributed by atoms with van der Waals surface area (Å²) in [6, 6.07) is 4.53. The Labute approximate surface area is 223 Å². The van der Waals surface area contributed by atoms with Gasteiger partial charge in [-0.15, -0.1) is 0 Å². The molecule has 10 heteroatoms. The Hall–Kier alpha value is -0.616. The number of β-amino-alcohol motifs (C(OH)–C–C–N with tert-alkyl or cyclic N) is 1. The average Bonchev–Trinajstić information content (AvgIpc) is 3.07. The third kappa shape index (κ3) is 9.02. The molecular weight excluding hydrogens is 521 g/mol. The zero-order valence-corrected chi connectivity index (χ0v) is 26.1. The van der Waals surface area contributed by atoms with Gasteiger partial charge in [-0.2, -0.15) is 0 Å². The molecule has 2 rings (SSSR count). The van der Waals surface area contributed by atoms with Crippen molar-refractivity contribution in [3.63, 3.8) is 0 Å². The molecule has 200 valence electrons. The van der Waals surface area contributed by atoms with Crippen LogP contribution in [0.15, 0.2) is 12.1 Å². The normalized spacial score (nSPS) is 18.3. The van der Waals surface area contributed by atoms with E-state index in [0.717, 1.165) is 11.6 Å². The lowest BCUT2D eigenvalue weighted by Gasteiger charge is -2.37. The maximum absolute atomic E-state index is 12.8. The molecule has 35 heavy (non-hydrogen) atoms. The minimum Gasteiger partial charge on any atom is -0.467 e. The van der Waals surface area contributed by atoms with E-state index >= 15 is 0 Å². The molecule has 1 N–H and O–H groups in total. The van der Waals surface area contributed by atoms with Gasteiger partial charge < -0.3 is 23.9 Å². The van der Waals surface area contributed by atoms with Crippen LogP contribution in [0.25, 0.3) is 0 Å². The predicted molar refractivity (Wildman–Crippen MR) is 149 cm³/mol. The van der Waals surface area contributed by atoms with Crippen molar-refractivity contribution >= 4 is 45.5 Å². The molecule has 0 saturated carbocycles. The highest BCUT2D eigenvalue weighted by Crippen LogP contribution is 2.42. The first kappa shape index (κ1) is 30.6. The van der Waals surface area contributed by atoms with Gasteiger partial charge in [-0.05, 0) is 36.3 Å². The van der Waals surface area contributed by atoms with Gasteiger partial charge in [-0.25, -0.2) is 0 Å². The lowest BCUT2D eigenvalue weighted by molar-refractivity contribution is -0.129. The van der Waals surface area contributed by atoms with Gasteiger partial charge in [0.2, 0.25) is 5.91 Å². The Kier molecular flexibility index (Phi) is 10.7. The number of nitrogens with zero attached hydrogens (tertiary/aromatic N) is 1. The summed E-state index contributed by atoms with van der Waals surface area (Å²) in [7, 11) is -3.16. The molecule has 1 amide bonds. The number of carbonyl (C=O) groups excluding carboxylic acids is 1. The second kappa shape index (κ2) is 12.3. The minimum atomic E-state index is -1.98. The Balaban J connectivity index is 2.02. The lowest BCUT2D eigenvalue weighted by atomic mass is 9.97. The smallest absolute Gasteiger partial charge is 0.223 e. The summed E-state index contributed by atoms with van der Waals surface area (Å²) in [5.74, 6) is 0.364. The second-order valence-electron chi connectivity index (χ2n) is 12.2. The molecular formula is C25H43Cl2NO5Si2. The van der Waals surface area contributed by atoms with Crippen LogP contribution in [0.4, 0.5) is 0 Å². The number of carbonyl (C=O) groups is 1. The molecule has 0 aliphatic carbocycles. The van der Waals surface area contributed by atoms with Crippen molar-refractivity contribution in [2.75, 3.05) is 33.1 Å². The van der Waals surface area contributed by atoms with E-state index in [1.807, 2.05) is 0 Å². The fraction of sp³-hybridized carbons (Fsp3) is 0.720. The van der Waals surface area contributed by atoms with Gasteiger partial charge in [-0.1, -0.05) is 63.6 Å². The van der Waals surface area contributed by atoms with E-state index in [1.54, 1.807) is 17.0 Å². The van der Waals surface area contributed by atoms with Crippen LogP contribution in [0.5, 0.6) is 5.75 Å². The Morgan fingerprint density at radius 1 is 1.17 bits per heavy atom. The van der Waals surface area contributed by atoms with Crippen LogP contribution in [0.2, 0.25) is 53.9 Å². The molecule has 1 fully saturated rings. The van der Waals surface area contributed by atoms with Gasteiger partial charge >= 0.3 is 0 Å². The van der Waals surface area contributed by atoms with Gasteiger partial charge in [0, 0.05) is 45.7 Å². The van der Waals surface area contributed by atoms with Gasteiger partial charge in [0.05, 0.1) is 22.8 Å². The number of hydrogen-bond donors (Lipinski definition) is 1. The number of ether oxygens (including phenoxy) is 2. The minimum absolute atomic E-state index is 0.0326. The number of rotatable bonds is 12. The summed E-state index contributed by atoms with van der Waals surface area (Å²) < 4.78 is 17.7. The standard InChI is InChI=1S/C25H43Cl2NO5Si2/c1-25(2,3)35(7,8)33-16-19(29)15-28-14-18(13-22(28)30)23-21(10-9-20(26)24(23)27)32-17-31-11-12-34(4,5)6/h9-10,18-19,29H,11-17H2,1-8H3. The summed E-state index contributed by atoms with van der Waals surface area (Å²) in [5, 5.41) is 11.5. The van der Waals surface area contributed by atoms with Crippen LogP contribution >= 0.6 is 23.2 Å². The zero-order valence-electron chi connectivity index (χ0n) is 22.5. The van der Waals surface area contributed by atoms with Crippen LogP contribution < -0.4 is 4.74 Å². The van der Waals surface area contributed by atoms with E-state index < -0.39 is 22.5 Å². The van der Waals surface area contributed by atoms with Crippen molar-refractivity contribution < 1.29 is 23.8 Å². The van der Waals surface area contributed by atoms with E-state index in [-0.39, 0.29) is 43.2 Å². The van der Waals surface area contributed by atoms with Crippen LogP contribution in [0.1, 0.15) is 38.7 Å². The zero-order chi connectivity index (χ0) is 26.6. The fourth-order valence-corrected chi connectivity index (χ4v) is 5.84. The monoisotopic (exact) mass is 563 g/mol. The Morgan fingerprint density at radius 3 is 2.43 bits per heavy atom. The van der Waals surface area contributed by atoms with Gasteiger partial charge in [-0.3, -0.25) is 4.79 Å². The molecule has 1 saturated heterocycles. The molecule has 0 bridgehead atoms. The number of aliphatic hydroxyl groups excluding tert-OH is 1. The number of hydrogen-bond acceptors (Lipinski definition) is 5. The van der Waals surface area contributed by atoms with E-state index in [4.69, 9.17) is 37.1 Å². The maximum Gasteiger partial charge on any atom is 0.223 e. The molecule has 1 aromatic carbocycles.